The van der Waals surface area contributed by atoms with Crippen LogP contribution in [0.2, 0.25) is 0 Å². The van der Waals surface area contributed by atoms with Crippen molar-refractivity contribution < 1.29 is 4.79 Å². The molecule has 0 aliphatic carbocycles. The highest BCUT2D eigenvalue weighted by Crippen LogP contribution is 2.15. The van der Waals surface area contributed by atoms with Crippen molar-refractivity contribution in [2.75, 3.05) is 5.32 Å². The number of amides is 1. The van der Waals surface area contributed by atoms with E-state index in [-0.39, 0.29) is 5.91 Å². The van der Waals surface area contributed by atoms with Crippen molar-refractivity contribution in [2.24, 2.45) is 7.05 Å². The zero-order valence-corrected chi connectivity index (χ0v) is 13.4. The van der Waals surface area contributed by atoms with Gasteiger partial charge < -0.3 is 5.32 Å². The highest BCUT2D eigenvalue weighted by molar-refractivity contribution is 5.92. The van der Waals surface area contributed by atoms with Gasteiger partial charge in [-0.15, -0.1) is 0 Å². The Morgan fingerprint density at radius 1 is 1.22 bits per heavy atom. The van der Waals surface area contributed by atoms with Crippen LogP contribution in [-0.2, 0) is 18.3 Å². The second-order valence-corrected chi connectivity index (χ2v) is 5.50. The van der Waals surface area contributed by atoms with Crippen LogP contribution in [-0.4, -0.2) is 25.5 Å². The Morgan fingerprint density at radius 3 is 2.52 bits per heavy atom. The molecule has 1 N–H and O–H groups in total. The fourth-order valence-electron chi connectivity index (χ4n) is 2.56. The average molecular weight is 309 g/mol. The fourth-order valence-corrected chi connectivity index (χ4v) is 2.56. The van der Waals surface area contributed by atoms with Crippen LogP contribution in [0.3, 0.4) is 0 Å². The molecule has 0 aliphatic rings. The van der Waals surface area contributed by atoms with E-state index < -0.39 is 0 Å². The summed E-state index contributed by atoms with van der Waals surface area (Å²) in [5.74, 6) is -0.0453. The number of aryl methyl sites for hydroxylation is 2. The van der Waals surface area contributed by atoms with Gasteiger partial charge in [0.2, 0.25) is 5.91 Å². The first-order valence-corrected chi connectivity index (χ1v) is 7.43. The molecule has 0 saturated carbocycles. The minimum atomic E-state index is -0.0453. The van der Waals surface area contributed by atoms with Crippen LogP contribution >= 0.6 is 0 Å². The monoisotopic (exact) mass is 309 g/mol. The van der Waals surface area contributed by atoms with Crippen molar-refractivity contribution in [3.8, 4) is 5.69 Å². The molecular weight excluding hydrogens is 290 g/mol. The molecular formula is C17H19N5O. The summed E-state index contributed by atoms with van der Waals surface area (Å²) < 4.78 is 3.57. The summed E-state index contributed by atoms with van der Waals surface area (Å²) in [5.41, 5.74) is 4.62. The second kappa shape index (κ2) is 6.08. The van der Waals surface area contributed by atoms with Crippen LogP contribution < -0.4 is 5.32 Å². The molecule has 6 heteroatoms. The smallest absolute Gasteiger partial charge is 0.228 e. The Morgan fingerprint density at radius 2 is 1.96 bits per heavy atom. The van der Waals surface area contributed by atoms with Gasteiger partial charge in [-0.25, -0.2) is 4.68 Å². The Balaban J connectivity index is 1.68. The summed E-state index contributed by atoms with van der Waals surface area (Å²) in [6.45, 7) is 3.90. The molecule has 2 aromatic heterocycles. The SMILES string of the molecule is Cc1nn(C)c(C)c1CC(=O)Nc1ccc(-n2cccn2)cc1. The number of rotatable bonds is 4. The number of carbonyl (C=O) groups is 1. The molecule has 3 aromatic rings. The van der Waals surface area contributed by atoms with Gasteiger partial charge in [-0.3, -0.25) is 9.48 Å². The zero-order chi connectivity index (χ0) is 16.4. The molecule has 0 bridgehead atoms. The van der Waals surface area contributed by atoms with E-state index in [1.165, 1.54) is 0 Å². The second-order valence-electron chi connectivity index (χ2n) is 5.50. The number of anilines is 1. The number of hydrogen-bond donors (Lipinski definition) is 1. The first-order chi connectivity index (χ1) is 11.0. The lowest BCUT2D eigenvalue weighted by molar-refractivity contribution is -0.115. The van der Waals surface area contributed by atoms with E-state index in [1.54, 1.807) is 15.6 Å². The zero-order valence-electron chi connectivity index (χ0n) is 13.4. The van der Waals surface area contributed by atoms with Gasteiger partial charge in [0.25, 0.3) is 0 Å². The first-order valence-electron chi connectivity index (χ1n) is 7.43. The maximum atomic E-state index is 12.2. The number of benzene rings is 1. The van der Waals surface area contributed by atoms with Crippen molar-refractivity contribution in [1.29, 1.82) is 0 Å². The predicted octanol–water partition coefficient (Wildman–Crippen LogP) is 2.40. The topological polar surface area (TPSA) is 64.7 Å². The van der Waals surface area contributed by atoms with E-state index in [4.69, 9.17) is 0 Å². The van der Waals surface area contributed by atoms with Crippen molar-refractivity contribution in [3.05, 3.63) is 59.7 Å². The predicted molar refractivity (Wildman–Crippen MR) is 88.6 cm³/mol. The number of hydrogen-bond acceptors (Lipinski definition) is 3. The van der Waals surface area contributed by atoms with Crippen molar-refractivity contribution >= 4 is 11.6 Å². The van der Waals surface area contributed by atoms with Gasteiger partial charge in [0.05, 0.1) is 17.8 Å². The lowest BCUT2D eigenvalue weighted by Gasteiger charge is -2.07. The molecule has 1 amide bonds. The minimum Gasteiger partial charge on any atom is -0.326 e. The van der Waals surface area contributed by atoms with Gasteiger partial charge in [-0.2, -0.15) is 10.2 Å². The largest absolute Gasteiger partial charge is 0.326 e. The molecule has 23 heavy (non-hydrogen) atoms. The highest BCUT2D eigenvalue weighted by atomic mass is 16.1. The van der Waals surface area contributed by atoms with E-state index in [9.17, 15) is 4.79 Å². The van der Waals surface area contributed by atoms with E-state index in [0.717, 1.165) is 28.3 Å². The molecule has 0 unspecified atom stereocenters. The summed E-state index contributed by atoms with van der Waals surface area (Å²) in [7, 11) is 1.89. The first kappa shape index (κ1) is 15.0. The van der Waals surface area contributed by atoms with Crippen molar-refractivity contribution in [2.45, 2.75) is 20.3 Å². The van der Waals surface area contributed by atoms with Gasteiger partial charge in [0.15, 0.2) is 0 Å². The Bertz CT molecular complexity index is 816. The summed E-state index contributed by atoms with van der Waals surface area (Å²) in [6, 6.07) is 9.45. The lowest BCUT2D eigenvalue weighted by Crippen LogP contribution is -2.15. The molecule has 0 aliphatic heterocycles. The standard InChI is InChI=1S/C17H19N5O/c1-12-16(13(2)21(3)20-12)11-17(23)19-14-5-7-15(8-6-14)22-10-4-9-18-22/h4-10H,11H2,1-3H3,(H,19,23). The summed E-state index contributed by atoms with van der Waals surface area (Å²) in [6.07, 6.45) is 3.93. The Kier molecular flexibility index (Phi) is 3.97. The maximum Gasteiger partial charge on any atom is 0.228 e. The van der Waals surface area contributed by atoms with Crippen LogP contribution in [0.5, 0.6) is 0 Å². The molecule has 2 heterocycles. The van der Waals surface area contributed by atoms with Crippen LogP contribution in [0.4, 0.5) is 5.69 Å². The Labute approximate surface area is 134 Å². The molecule has 1 aromatic carbocycles. The molecule has 3 rings (SSSR count). The third-order valence-electron chi connectivity index (χ3n) is 3.92. The minimum absolute atomic E-state index is 0.0453. The van der Waals surface area contributed by atoms with E-state index in [2.05, 4.69) is 15.5 Å². The molecule has 0 spiro atoms. The summed E-state index contributed by atoms with van der Waals surface area (Å²) in [4.78, 5) is 12.2. The molecule has 0 saturated heterocycles. The quantitative estimate of drug-likeness (QED) is 0.805. The molecule has 6 nitrogen and oxygen atoms in total. The van der Waals surface area contributed by atoms with E-state index in [1.807, 2.05) is 57.4 Å². The normalized spacial score (nSPS) is 10.7. The highest BCUT2D eigenvalue weighted by Gasteiger charge is 2.13. The van der Waals surface area contributed by atoms with Crippen molar-refractivity contribution in [3.63, 3.8) is 0 Å². The Hall–Kier alpha value is -2.89. The third-order valence-corrected chi connectivity index (χ3v) is 3.92. The van der Waals surface area contributed by atoms with E-state index >= 15 is 0 Å². The van der Waals surface area contributed by atoms with Crippen molar-refractivity contribution in [1.82, 2.24) is 19.6 Å². The van der Waals surface area contributed by atoms with E-state index in [0.29, 0.717) is 6.42 Å². The lowest BCUT2D eigenvalue weighted by atomic mass is 10.1. The van der Waals surface area contributed by atoms with Gasteiger partial charge in [0.1, 0.15) is 0 Å². The van der Waals surface area contributed by atoms with Crippen LogP contribution in [0.25, 0.3) is 5.69 Å². The molecule has 0 radical (unpaired) electrons. The third kappa shape index (κ3) is 3.15. The van der Waals surface area contributed by atoms with Gasteiger partial charge in [-0.05, 0) is 44.2 Å². The molecule has 0 atom stereocenters. The van der Waals surface area contributed by atoms with Crippen LogP contribution in [0.1, 0.15) is 17.0 Å². The number of aromatic nitrogens is 4. The van der Waals surface area contributed by atoms with Crippen LogP contribution in [0, 0.1) is 13.8 Å². The van der Waals surface area contributed by atoms with Gasteiger partial charge in [0, 0.05) is 36.4 Å². The summed E-state index contributed by atoms with van der Waals surface area (Å²) >= 11 is 0. The number of nitrogens with zero attached hydrogens (tertiary/aromatic N) is 4. The number of nitrogens with one attached hydrogen (secondary N) is 1. The average Bonchev–Trinajstić information content (AvgIpc) is 3.13. The molecule has 0 fully saturated rings. The van der Waals surface area contributed by atoms with Gasteiger partial charge in [-0.1, -0.05) is 0 Å². The maximum absolute atomic E-state index is 12.2. The number of carbonyl (C=O) groups excluding carboxylic acids is 1. The fraction of sp³-hybridized carbons (Fsp3) is 0.235. The van der Waals surface area contributed by atoms with Crippen LogP contribution in [0.15, 0.2) is 42.7 Å². The summed E-state index contributed by atoms with van der Waals surface area (Å²) in [5, 5.41) is 11.4. The molecule has 118 valence electrons. The van der Waals surface area contributed by atoms with Gasteiger partial charge >= 0.3 is 0 Å².